The van der Waals surface area contributed by atoms with Gasteiger partial charge in [-0.15, -0.1) is 6.58 Å². The van der Waals surface area contributed by atoms with E-state index in [-0.39, 0.29) is 49.9 Å². The number of carbonyl (C=O) groups excluding carboxylic acids is 2. The minimum atomic E-state index is -1.41. The average molecular weight is 715 g/mol. The Morgan fingerprint density at radius 1 is 1.13 bits per heavy atom. The third kappa shape index (κ3) is 7.87. The van der Waals surface area contributed by atoms with Gasteiger partial charge in [0.15, 0.2) is 0 Å². The lowest BCUT2D eigenvalue weighted by Gasteiger charge is -2.59. The minimum absolute atomic E-state index is 0.0233. The molecule has 6 atom stereocenters. The number of aliphatic hydroxyl groups is 2. The van der Waals surface area contributed by atoms with E-state index >= 15 is 0 Å². The van der Waals surface area contributed by atoms with E-state index in [0.29, 0.717) is 47.7 Å². The van der Waals surface area contributed by atoms with Crippen molar-refractivity contribution in [3.05, 3.63) is 83.5 Å². The number of nitrogens with one attached hydrogen (secondary N) is 1. The number of nitriles is 1. The summed E-state index contributed by atoms with van der Waals surface area (Å²) in [6.07, 6.45) is 8.07. The lowest BCUT2D eigenvalue weighted by molar-refractivity contribution is -0.252. The lowest BCUT2D eigenvalue weighted by atomic mass is 9.55. The number of nitrogens with zero attached hydrogens (tertiary/aromatic N) is 3. The van der Waals surface area contributed by atoms with Crippen LogP contribution < -0.4 is 14.8 Å². The van der Waals surface area contributed by atoms with Gasteiger partial charge in [0.2, 0.25) is 5.79 Å². The fraction of sp³-hybridized carbons (Fsp3) is 0.500. The van der Waals surface area contributed by atoms with Crippen molar-refractivity contribution in [2.24, 2.45) is 22.9 Å². The van der Waals surface area contributed by atoms with Crippen LogP contribution in [0.3, 0.4) is 0 Å². The second-order valence-electron chi connectivity index (χ2n) is 13.5. The molecule has 52 heavy (non-hydrogen) atoms. The Hall–Kier alpha value is -4.70. The first-order valence-electron chi connectivity index (χ1n) is 18.1. The summed E-state index contributed by atoms with van der Waals surface area (Å²) in [5.74, 6) is -1.44. The zero-order chi connectivity index (χ0) is 37.3. The first-order valence-corrected chi connectivity index (χ1v) is 18.1. The molecule has 2 aliphatic carbocycles. The van der Waals surface area contributed by atoms with Crippen LogP contribution in [0, 0.1) is 29.1 Å². The Balaban J connectivity index is 1.74. The zero-order valence-electron chi connectivity index (χ0n) is 30.3. The maximum absolute atomic E-state index is 14.3. The maximum Gasteiger partial charge on any atom is 0.412 e. The highest BCUT2D eigenvalue weighted by molar-refractivity contribution is 6.03. The van der Waals surface area contributed by atoms with E-state index < -0.39 is 23.8 Å². The highest BCUT2D eigenvalue weighted by Gasteiger charge is 2.65. The van der Waals surface area contributed by atoms with Gasteiger partial charge in [-0.05, 0) is 92.5 Å². The fourth-order valence-corrected chi connectivity index (χ4v) is 8.22. The number of allylic oxidation sites excluding steroid dienone is 1. The second kappa shape index (κ2) is 17.7. The van der Waals surface area contributed by atoms with Crippen molar-refractivity contribution in [1.29, 1.82) is 5.26 Å². The Morgan fingerprint density at radius 3 is 2.52 bits per heavy atom. The van der Waals surface area contributed by atoms with E-state index in [0.717, 1.165) is 36.8 Å². The van der Waals surface area contributed by atoms with Crippen LogP contribution in [-0.4, -0.2) is 85.2 Å². The Morgan fingerprint density at radius 2 is 1.87 bits per heavy atom. The summed E-state index contributed by atoms with van der Waals surface area (Å²) < 4.78 is 19.6. The predicted molar refractivity (Wildman–Crippen MR) is 195 cm³/mol. The molecule has 1 aliphatic heterocycles. The van der Waals surface area contributed by atoms with Gasteiger partial charge in [-0.1, -0.05) is 30.1 Å². The summed E-state index contributed by atoms with van der Waals surface area (Å²) in [6.45, 7) is 6.46. The molecule has 3 aliphatic rings. The van der Waals surface area contributed by atoms with E-state index in [2.05, 4.69) is 29.2 Å². The number of rotatable bonds is 16. The molecule has 5 rings (SSSR count). The van der Waals surface area contributed by atoms with Crippen molar-refractivity contribution in [2.45, 2.75) is 69.6 Å². The molecule has 1 fully saturated rings. The summed E-state index contributed by atoms with van der Waals surface area (Å²) in [4.78, 5) is 33.9. The zero-order valence-corrected chi connectivity index (χ0v) is 30.3. The summed E-state index contributed by atoms with van der Waals surface area (Å²) in [6, 6.07) is 13.3. The normalized spacial score (nSPS) is 25.0. The number of hydrogen-bond donors (Lipinski definition) is 3. The molecule has 6 unspecified atom stereocenters. The first-order chi connectivity index (χ1) is 25.3. The van der Waals surface area contributed by atoms with Crippen LogP contribution in [-0.2, 0) is 9.57 Å². The van der Waals surface area contributed by atoms with E-state index in [4.69, 9.17) is 19.0 Å². The van der Waals surface area contributed by atoms with Crippen LogP contribution in [0.15, 0.2) is 71.9 Å². The predicted octanol–water partition coefficient (Wildman–Crippen LogP) is 5.70. The molecule has 2 amide bonds. The van der Waals surface area contributed by atoms with Crippen LogP contribution in [0.1, 0.15) is 79.3 Å². The number of benzene rings is 2. The SMILES string of the molecule is C=CCOC12Oc3ccc(OC(=O)NCC)cc3C3C(CCCCO)C(CCCCO)C=C(C(=NOC)CC1N(C)C(=O)c1ccc(C#N)cc1)C32. The standard InChI is InChI=1S/C40H50N4O8/c1-5-21-50-40-35(44(3)38(47)27-15-13-26(25-41)14-16-27)24-33(43-49-4)31-22-28(11-7-9-19-45)30(12-8-10-20-46)36(37(31)40)32-23-29(17-18-34(32)52-40)51-39(48)42-6-2/h5,13-18,22-23,28,30,35-37,45-46H,1,6-12,19-21,24H2,2-4H3,(H,42,48). The third-order valence-electron chi connectivity index (χ3n) is 10.4. The van der Waals surface area contributed by atoms with Crippen LogP contribution in [0.5, 0.6) is 11.5 Å². The smallest absolute Gasteiger partial charge is 0.412 e. The molecule has 12 nitrogen and oxygen atoms in total. The van der Waals surface area contributed by atoms with Gasteiger partial charge in [0.25, 0.3) is 5.91 Å². The molecule has 278 valence electrons. The maximum atomic E-state index is 14.3. The van der Waals surface area contributed by atoms with E-state index in [1.807, 2.05) is 13.0 Å². The van der Waals surface area contributed by atoms with Crippen LogP contribution in [0.25, 0.3) is 0 Å². The monoisotopic (exact) mass is 714 g/mol. The Bertz CT molecular complexity index is 1690. The molecule has 0 saturated heterocycles. The second-order valence-corrected chi connectivity index (χ2v) is 13.5. The highest BCUT2D eigenvalue weighted by Crippen LogP contribution is 2.61. The highest BCUT2D eigenvalue weighted by atomic mass is 16.7. The molecule has 0 bridgehead atoms. The van der Waals surface area contributed by atoms with Crippen LogP contribution in [0.4, 0.5) is 4.79 Å². The quantitative estimate of drug-likeness (QED) is 0.112. The van der Waals surface area contributed by atoms with Gasteiger partial charge in [0.1, 0.15) is 24.7 Å². The third-order valence-corrected chi connectivity index (χ3v) is 10.4. The number of unbranched alkanes of at least 4 members (excludes halogenated alkanes) is 2. The van der Waals surface area contributed by atoms with Gasteiger partial charge >= 0.3 is 6.09 Å². The largest absolute Gasteiger partial charge is 0.459 e. The van der Waals surface area contributed by atoms with Crippen molar-refractivity contribution in [2.75, 3.05) is 40.5 Å². The van der Waals surface area contributed by atoms with Crippen molar-refractivity contribution < 1.29 is 38.9 Å². The molecular weight excluding hydrogens is 664 g/mol. The van der Waals surface area contributed by atoms with Crippen LogP contribution in [0.2, 0.25) is 0 Å². The fourth-order valence-electron chi connectivity index (χ4n) is 8.22. The number of fused-ring (bicyclic) bond motifs is 2. The lowest BCUT2D eigenvalue weighted by Crippen LogP contribution is -2.69. The Kier molecular flexibility index (Phi) is 13.1. The van der Waals surface area contributed by atoms with Crippen molar-refractivity contribution >= 4 is 17.7 Å². The van der Waals surface area contributed by atoms with E-state index in [1.165, 1.54) is 7.11 Å². The molecule has 12 heteroatoms. The molecule has 3 N–H and O–H groups in total. The average Bonchev–Trinajstić information content (AvgIpc) is 3.15. The molecule has 1 heterocycles. The van der Waals surface area contributed by atoms with Gasteiger partial charge in [-0.3, -0.25) is 4.79 Å². The van der Waals surface area contributed by atoms with E-state index in [1.54, 1.807) is 54.4 Å². The van der Waals surface area contributed by atoms with Gasteiger partial charge in [-0.25, -0.2) is 4.79 Å². The number of amides is 2. The summed E-state index contributed by atoms with van der Waals surface area (Å²) in [5, 5.41) is 36.1. The molecular formula is C40H50N4O8. The molecule has 0 spiro atoms. The van der Waals surface area contributed by atoms with E-state index in [9.17, 15) is 25.1 Å². The number of aliphatic hydroxyl groups excluding tert-OH is 2. The molecule has 2 aromatic rings. The summed E-state index contributed by atoms with van der Waals surface area (Å²) in [7, 11) is 3.22. The number of likely N-dealkylation sites (N-methyl/N-ethyl adjacent to an activating group) is 1. The number of ether oxygens (including phenoxy) is 3. The van der Waals surface area contributed by atoms with Gasteiger partial charge in [-0.2, -0.15) is 5.26 Å². The van der Waals surface area contributed by atoms with Crippen molar-refractivity contribution in [1.82, 2.24) is 10.2 Å². The first kappa shape index (κ1) is 38.5. The minimum Gasteiger partial charge on any atom is -0.459 e. The summed E-state index contributed by atoms with van der Waals surface area (Å²) in [5.41, 5.74) is 3.26. The van der Waals surface area contributed by atoms with Gasteiger partial charge in [0, 0.05) is 50.3 Å². The Labute approximate surface area is 305 Å². The van der Waals surface area contributed by atoms with Crippen LogP contribution >= 0.6 is 0 Å². The molecule has 0 aromatic heterocycles. The number of oxime groups is 1. The topological polar surface area (TPSA) is 163 Å². The molecule has 0 radical (unpaired) electrons. The van der Waals surface area contributed by atoms with Crippen molar-refractivity contribution in [3.63, 3.8) is 0 Å². The molecule has 1 saturated carbocycles. The van der Waals surface area contributed by atoms with Gasteiger partial charge < -0.3 is 39.5 Å². The number of hydrogen-bond acceptors (Lipinski definition) is 10. The van der Waals surface area contributed by atoms with Gasteiger partial charge in [0.05, 0.1) is 29.9 Å². The summed E-state index contributed by atoms with van der Waals surface area (Å²) >= 11 is 0. The van der Waals surface area contributed by atoms with Crippen molar-refractivity contribution in [3.8, 4) is 17.6 Å². The molecule has 2 aromatic carbocycles. The number of carbonyl (C=O) groups is 2.